The van der Waals surface area contributed by atoms with Gasteiger partial charge in [-0.1, -0.05) is 97.1 Å². The van der Waals surface area contributed by atoms with E-state index in [-0.39, 0.29) is 19.1 Å². The van der Waals surface area contributed by atoms with E-state index < -0.39 is 7.82 Å². The monoisotopic (exact) mass is 412 g/mol. The third-order valence-electron chi connectivity index (χ3n) is 4.17. The van der Waals surface area contributed by atoms with Crippen molar-refractivity contribution in [2.75, 3.05) is 13.2 Å². The van der Waals surface area contributed by atoms with Gasteiger partial charge in [-0.05, 0) is 36.8 Å². The van der Waals surface area contributed by atoms with Crippen LogP contribution >= 0.6 is 7.82 Å². The summed E-state index contributed by atoms with van der Waals surface area (Å²) < 4.78 is 21.7. The van der Waals surface area contributed by atoms with Gasteiger partial charge in [0.1, 0.15) is 0 Å². The van der Waals surface area contributed by atoms with Gasteiger partial charge in [-0.2, -0.15) is 0 Å². The highest BCUT2D eigenvalue weighted by Gasteiger charge is 2.23. The normalized spacial score (nSPS) is 12.7. The fourth-order valence-corrected chi connectivity index (χ4v) is 3.67. The van der Waals surface area contributed by atoms with Gasteiger partial charge in [0.25, 0.3) is 0 Å². The predicted octanol–water partition coefficient (Wildman–Crippen LogP) is 5.93. The number of benzene rings is 3. The minimum atomic E-state index is -3.96. The lowest BCUT2D eigenvalue weighted by molar-refractivity contribution is 0.135. The molecule has 0 saturated carbocycles. The van der Waals surface area contributed by atoms with Crippen molar-refractivity contribution in [1.29, 1.82) is 0 Å². The third kappa shape index (κ3) is 10.2. The zero-order valence-corrected chi connectivity index (χ0v) is 17.7. The number of phosphoric ester groups is 1. The molecule has 154 valence electrons. The van der Waals surface area contributed by atoms with Crippen molar-refractivity contribution in [3.05, 3.63) is 108 Å². The molecule has 1 N–H and O–H groups in total. The Kier molecular flexibility index (Phi) is 10.4. The number of hydrogen-bond donors (Lipinski definition) is 1. The van der Waals surface area contributed by atoms with Gasteiger partial charge in [-0.3, -0.25) is 9.05 Å². The molecule has 1 unspecified atom stereocenters. The second-order valence-electron chi connectivity index (χ2n) is 6.58. The highest BCUT2D eigenvalue weighted by molar-refractivity contribution is 7.47. The lowest BCUT2D eigenvalue weighted by atomic mass is 9.93. The molecule has 29 heavy (non-hydrogen) atoms. The average molecular weight is 412 g/mol. The molecule has 0 aromatic heterocycles. The van der Waals surface area contributed by atoms with E-state index in [1.54, 1.807) is 6.92 Å². The molecular formula is C24H29O4P. The summed E-state index contributed by atoms with van der Waals surface area (Å²) in [6, 6.07) is 32.1. The van der Waals surface area contributed by atoms with E-state index in [9.17, 15) is 9.46 Å². The van der Waals surface area contributed by atoms with Crippen LogP contribution in [0.25, 0.3) is 0 Å². The first-order valence-electron chi connectivity index (χ1n) is 9.79. The van der Waals surface area contributed by atoms with Gasteiger partial charge in [0, 0.05) is 0 Å². The van der Waals surface area contributed by atoms with Gasteiger partial charge in [0.15, 0.2) is 0 Å². The predicted molar refractivity (Wildman–Crippen MR) is 118 cm³/mol. The number of phosphoric acid groups is 1. The molecule has 0 spiro atoms. The molecule has 0 fully saturated rings. The standard InChI is InChI=1S/C18H23O4P.C6H6/c1-2-21-23(19,20)22-15-18(13-16-9-5-3-6-10-16)14-17-11-7-4-8-12-17;1-2-4-6-5-3-1/h3-12,18H,2,13-15H2,1H3,(H,19,20);1-6H. The summed E-state index contributed by atoms with van der Waals surface area (Å²) in [5.41, 5.74) is 2.36. The van der Waals surface area contributed by atoms with E-state index in [2.05, 4.69) is 24.3 Å². The maximum absolute atomic E-state index is 11.7. The van der Waals surface area contributed by atoms with Crippen molar-refractivity contribution in [2.24, 2.45) is 5.92 Å². The Morgan fingerprint density at radius 2 is 1.10 bits per heavy atom. The molecule has 4 nitrogen and oxygen atoms in total. The molecule has 5 heteroatoms. The highest BCUT2D eigenvalue weighted by Crippen LogP contribution is 2.43. The first-order valence-corrected chi connectivity index (χ1v) is 11.3. The highest BCUT2D eigenvalue weighted by atomic mass is 31.2. The van der Waals surface area contributed by atoms with Crippen LogP contribution in [0.3, 0.4) is 0 Å². The number of rotatable bonds is 9. The van der Waals surface area contributed by atoms with E-state index in [1.807, 2.05) is 72.8 Å². The molecular weight excluding hydrogens is 383 g/mol. The maximum atomic E-state index is 11.7. The van der Waals surface area contributed by atoms with Gasteiger partial charge < -0.3 is 4.89 Å². The molecule has 0 amide bonds. The van der Waals surface area contributed by atoms with E-state index >= 15 is 0 Å². The summed E-state index contributed by atoms with van der Waals surface area (Å²) in [7, 11) is -3.96. The van der Waals surface area contributed by atoms with Gasteiger partial charge in [0.2, 0.25) is 0 Å². The van der Waals surface area contributed by atoms with Gasteiger partial charge in [0.05, 0.1) is 13.2 Å². The van der Waals surface area contributed by atoms with Crippen molar-refractivity contribution in [3.63, 3.8) is 0 Å². The fourth-order valence-electron chi connectivity index (χ4n) is 2.87. The van der Waals surface area contributed by atoms with Gasteiger partial charge in [-0.15, -0.1) is 0 Å². The first kappa shape index (κ1) is 23.1. The second kappa shape index (κ2) is 13.1. The molecule has 0 heterocycles. The molecule has 3 aromatic carbocycles. The lowest BCUT2D eigenvalue weighted by Gasteiger charge is -2.19. The third-order valence-corrected chi connectivity index (χ3v) is 5.23. The Bertz CT molecular complexity index is 757. The van der Waals surface area contributed by atoms with Crippen molar-refractivity contribution in [3.8, 4) is 0 Å². The minimum Gasteiger partial charge on any atom is -0.302 e. The Morgan fingerprint density at radius 1 is 0.724 bits per heavy atom. The largest absolute Gasteiger partial charge is 0.472 e. The Balaban J connectivity index is 0.000000426. The van der Waals surface area contributed by atoms with E-state index in [0.717, 1.165) is 12.8 Å². The molecule has 3 aromatic rings. The molecule has 3 rings (SSSR count). The van der Waals surface area contributed by atoms with Gasteiger partial charge >= 0.3 is 7.82 Å². The van der Waals surface area contributed by atoms with Crippen LogP contribution in [0.5, 0.6) is 0 Å². The summed E-state index contributed by atoms with van der Waals surface area (Å²) in [6.45, 7) is 1.99. The van der Waals surface area contributed by atoms with Crippen LogP contribution in [0.1, 0.15) is 18.1 Å². The lowest BCUT2D eigenvalue weighted by Crippen LogP contribution is -2.15. The zero-order chi connectivity index (χ0) is 20.8. The quantitative estimate of drug-likeness (QED) is 0.443. The van der Waals surface area contributed by atoms with Crippen molar-refractivity contribution >= 4 is 7.82 Å². The van der Waals surface area contributed by atoms with Crippen LogP contribution in [-0.2, 0) is 26.5 Å². The maximum Gasteiger partial charge on any atom is 0.472 e. The Morgan fingerprint density at radius 3 is 1.48 bits per heavy atom. The summed E-state index contributed by atoms with van der Waals surface area (Å²) in [6.07, 6.45) is 1.56. The molecule has 0 bridgehead atoms. The summed E-state index contributed by atoms with van der Waals surface area (Å²) >= 11 is 0. The van der Waals surface area contributed by atoms with E-state index in [1.165, 1.54) is 11.1 Å². The van der Waals surface area contributed by atoms with Crippen LogP contribution in [0, 0.1) is 5.92 Å². The molecule has 0 aliphatic rings. The van der Waals surface area contributed by atoms with E-state index in [0.29, 0.717) is 0 Å². The minimum absolute atomic E-state index is 0.0979. The van der Waals surface area contributed by atoms with Crippen LogP contribution in [-0.4, -0.2) is 18.1 Å². The molecule has 0 saturated heterocycles. The van der Waals surface area contributed by atoms with Crippen LogP contribution in [0.4, 0.5) is 0 Å². The van der Waals surface area contributed by atoms with Crippen molar-refractivity contribution in [2.45, 2.75) is 19.8 Å². The zero-order valence-electron chi connectivity index (χ0n) is 16.8. The second-order valence-corrected chi connectivity index (χ2v) is 8.04. The molecule has 0 aliphatic heterocycles. The Hall–Kier alpha value is -2.23. The smallest absolute Gasteiger partial charge is 0.302 e. The number of hydrogen-bond acceptors (Lipinski definition) is 3. The van der Waals surface area contributed by atoms with Crippen LogP contribution in [0.2, 0.25) is 0 Å². The van der Waals surface area contributed by atoms with Crippen molar-refractivity contribution < 1.29 is 18.5 Å². The average Bonchev–Trinajstić information content (AvgIpc) is 2.75. The molecule has 0 radical (unpaired) electrons. The van der Waals surface area contributed by atoms with Gasteiger partial charge in [-0.25, -0.2) is 4.57 Å². The topological polar surface area (TPSA) is 55.8 Å². The Labute approximate surface area is 173 Å². The molecule has 0 aliphatic carbocycles. The summed E-state index contributed by atoms with van der Waals surface area (Å²) in [5.74, 6) is 0.0979. The van der Waals surface area contributed by atoms with Crippen LogP contribution in [0.15, 0.2) is 97.1 Å². The molecule has 1 atom stereocenters. The van der Waals surface area contributed by atoms with Crippen LogP contribution < -0.4 is 0 Å². The SMILES string of the molecule is CCOP(=O)(O)OCC(Cc1ccccc1)Cc1ccccc1.c1ccccc1. The van der Waals surface area contributed by atoms with Crippen molar-refractivity contribution in [1.82, 2.24) is 0 Å². The summed E-state index contributed by atoms with van der Waals surface area (Å²) in [5, 5.41) is 0. The first-order chi connectivity index (χ1) is 14.1. The summed E-state index contributed by atoms with van der Waals surface area (Å²) in [4.78, 5) is 9.61. The fraction of sp³-hybridized carbons (Fsp3) is 0.250. The van der Waals surface area contributed by atoms with E-state index in [4.69, 9.17) is 9.05 Å².